The predicted molar refractivity (Wildman–Crippen MR) is 62.9 cm³/mol. The highest BCUT2D eigenvalue weighted by Crippen LogP contribution is 2.38. The van der Waals surface area contributed by atoms with Crippen LogP contribution >= 0.6 is 0 Å². The quantitative estimate of drug-likeness (QED) is 0.793. The first kappa shape index (κ1) is 11.9. The average molecular weight is 225 g/mol. The van der Waals surface area contributed by atoms with Crippen molar-refractivity contribution in [2.45, 2.75) is 45.6 Å². The van der Waals surface area contributed by atoms with Crippen molar-refractivity contribution in [3.63, 3.8) is 0 Å². The Bertz CT molecular complexity index is 267. The summed E-state index contributed by atoms with van der Waals surface area (Å²) < 4.78 is 0. The van der Waals surface area contributed by atoms with E-state index < -0.39 is 0 Å². The van der Waals surface area contributed by atoms with E-state index in [9.17, 15) is 9.90 Å². The molecule has 0 aromatic carbocycles. The molecule has 2 fully saturated rings. The van der Waals surface area contributed by atoms with E-state index in [4.69, 9.17) is 0 Å². The number of hydrogen-bond donors (Lipinski definition) is 1. The van der Waals surface area contributed by atoms with Crippen LogP contribution in [0, 0.1) is 17.8 Å². The number of rotatable bonds is 3. The second-order valence-electron chi connectivity index (χ2n) is 5.50. The third kappa shape index (κ3) is 2.10. The molecule has 0 bridgehead atoms. The van der Waals surface area contributed by atoms with Crippen molar-refractivity contribution >= 4 is 5.91 Å². The van der Waals surface area contributed by atoms with E-state index in [1.165, 1.54) is 0 Å². The van der Waals surface area contributed by atoms with Crippen LogP contribution in [-0.4, -0.2) is 35.1 Å². The van der Waals surface area contributed by atoms with E-state index in [1.807, 2.05) is 11.8 Å². The summed E-state index contributed by atoms with van der Waals surface area (Å²) in [5.41, 5.74) is 0. The van der Waals surface area contributed by atoms with Gasteiger partial charge in [0, 0.05) is 24.9 Å². The normalized spacial score (nSPS) is 35.2. The van der Waals surface area contributed by atoms with Crippen molar-refractivity contribution in [1.82, 2.24) is 4.90 Å². The summed E-state index contributed by atoms with van der Waals surface area (Å²) in [5, 5.41) is 9.80. The highest BCUT2D eigenvalue weighted by atomic mass is 16.3. The van der Waals surface area contributed by atoms with Gasteiger partial charge in [-0.3, -0.25) is 4.79 Å². The van der Waals surface area contributed by atoms with Gasteiger partial charge in [-0.05, 0) is 25.2 Å². The molecule has 1 saturated heterocycles. The maximum absolute atomic E-state index is 12.1. The van der Waals surface area contributed by atoms with Gasteiger partial charge in [0.25, 0.3) is 0 Å². The number of nitrogens with zero attached hydrogens (tertiary/aromatic N) is 1. The van der Waals surface area contributed by atoms with Gasteiger partial charge < -0.3 is 10.0 Å². The molecular formula is C13H23NO2. The van der Waals surface area contributed by atoms with E-state index in [0.717, 1.165) is 38.8 Å². The van der Waals surface area contributed by atoms with Gasteiger partial charge >= 0.3 is 0 Å². The van der Waals surface area contributed by atoms with E-state index in [1.54, 1.807) is 0 Å². The van der Waals surface area contributed by atoms with Gasteiger partial charge in [0.15, 0.2) is 0 Å². The van der Waals surface area contributed by atoms with Crippen molar-refractivity contribution < 1.29 is 9.90 Å². The molecule has 0 radical (unpaired) electrons. The summed E-state index contributed by atoms with van der Waals surface area (Å²) in [7, 11) is 0. The molecule has 1 amide bonds. The minimum atomic E-state index is -0.163. The van der Waals surface area contributed by atoms with Crippen LogP contribution in [0.2, 0.25) is 0 Å². The van der Waals surface area contributed by atoms with Crippen molar-refractivity contribution in [3.05, 3.63) is 0 Å². The van der Waals surface area contributed by atoms with Crippen LogP contribution in [0.5, 0.6) is 0 Å². The number of aliphatic hydroxyl groups is 1. The first-order valence-electron chi connectivity index (χ1n) is 6.60. The number of fused-ring (bicyclic) bond motifs is 1. The predicted octanol–water partition coefficient (Wildman–Crippen LogP) is 1.65. The number of hydrogen-bond acceptors (Lipinski definition) is 2. The molecule has 4 atom stereocenters. The fourth-order valence-corrected chi connectivity index (χ4v) is 3.28. The first-order chi connectivity index (χ1) is 7.63. The Morgan fingerprint density at radius 3 is 2.81 bits per heavy atom. The molecule has 1 heterocycles. The lowest BCUT2D eigenvalue weighted by molar-refractivity contribution is -0.134. The van der Waals surface area contributed by atoms with Gasteiger partial charge in [-0.2, -0.15) is 0 Å². The monoisotopic (exact) mass is 225 g/mol. The molecule has 2 aliphatic rings. The molecule has 1 saturated carbocycles. The van der Waals surface area contributed by atoms with Crippen LogP contribution in [0.3, 0.4) is 0 Å². The average Bonchev–Trinajstić information content (AvgIpc) is 2.81. The molecule has 1 aliphatic carbocycles. The Balaban J connectivity index is 1.91. The van der Waals surface area contributed by atoms with Gasteiger partial charge in [-0.1, -0.05) is 20.3 Å². The smallest absolute Gasteiger partial charge is 0.225 e. The van der Waals surface area contributed by atoms with E-state index >= 15 is 0 Å². The summed E-state index contributed by atoms with van der Waals surface area (Å²) in [6.45, 7) is 5.82. The van der Waals surface area contributed by atoms with Crippen LogP contribution < -0.4 is 0 Å². The molecular weight excluding hydrogens is 202 g/mol. The second kappa shape index (κ2) is 4.74. The standard InChI is InChI=1S/C13H23NO2/c1-3-4-9(2)13(16)14-7-10-5-6-12(15)11(10)8-14/h9-12,15H,3-8H2,1-2H3. The summed E-state index contributed by atoms with van der Waals surface area (Å²) >= 11 is 0. The van der Waals surface area contributed by atoms with Crippen LogP contribution in [0.25, 0.3) is 0 Å². The van der Waals surface area contributed by atoms with Crippen molar-refractivity contribution in [2.24, 2.45) is 17.8 Å². The highest BCUT2D eigenvalue weighted by molar-refractivity contribution is 5.78. The van der Waals surface area contributed by atoms with Gasteiger partial charge in [-0.25, -0.2) is 0 Å². The SMILES string of the molecule is CCCC(C)C(=O)N1CC2CCC(O)C2C1. The van der Waals surface area contributed by atoms with Crippen molar-refractivity contribution in [1.29, 1.82) is 0 Å². The number of carbonyl (C=O) groups excluding carboxylic acids is 1. The van der Waals surface area contributed by atoms with E-state index in [0.29, 0.717) is 17.7 Å². The Morgan fingerprint density at radius 2 is 2.19 bits per heavy atom. The zero-order chi connectivity index (χ0) is 11.7. The third-order valence-corrected chi connectivity index (χ3v) is 4.27. The summed E-state index contributed by atoms with van der Waals surface area (Å²) in [6.07, 6.45) is 3.91. The lowest BCUT2D eigenvalue weighted by Crippen LogP contribution is -2.34. The maximum atomic E-state index is 12.1. The van der Waals surface area contributed by atoms with Crippen LogP contribution in [-0.2, 0) is 4.79 Å². The largest absolute Gasteiger partial charge is 0.393 e. The van der Waals surface area contributed by atoms with Crippen LogP contribution in [0.1, 0.15) is 39.5 Å². The first-order valence-corrected chi connectivity index (χ1v) is 6.60. The van der Waals surface area contributed by atoms with Crippen molar-refractivity contribution in [3.8, 4) is 0 Å². The Morgan fingerprint density at radius 1 is 1.44 bits per heavy atom. The molecule has 1 aliphatic heterocycles. The minimum Gasteiger partial charge on any atom is -0.393 e. The molecule has 0 aromatic heterocycles. The molecule has 92 valence electrons. The molecule has 3 nitrogen and oxygen atoms in total. The zero-order valence-electron chi connectivity index (χ0n) is 10.4. The Hall–Kier alpha value is -0.570. The number of aliphatic hydroxyl groups excluding tert-OH is 1. The minimum absolute atomic E-state index is 0.154. The molecule has 3 heteroatoms. The third-order valence-electron chi connectivity index (χ3n) is 4.27. The molecule has 16 heavy (non-hydrogen) atoms. The Kier molecular flexibility index (Phi) is 3.53. The molecule has 4 unspecified atom stereocenters. The van der Waals surface area contributed by atoms with Gasteiger partial charge in [-0.15, -0.1) is 0 Å². The van der Waals surface area contributed by atoms with Crippen LogP contribution in [0.15, 0.2) is 0 Å². The molecule has 1 N–H and O–H groups in total. The van der Waals surface area contributed by atoms with E-state index in [-0.39, 0.29) is 12.0 Å². The lowest BCUT2D eigenvalue weighted by Gasteiger charge is -2.22. The van der Waals surface area contributed by atoms with Gasteiger partial charge in [0.1, 0.15) is 0 Å². The fraction of sp³-hybridized carbons (Fsp3) is 0.923. The highest BCUT2D eigenvalue weighted by Gasteiger charge is 2.43. The molecule has 0 aromatic rings. The summed E-state index contributed by atoms with van der Waals surface area (Å²) in [4.78, 5) is 14.1. The summed E-state index contributed by atoms with van der Waals surface area (Å²) in [5.74, 6) is 1.37. The lowest BCUT2D eigenvalue weighted by atomic mass is 10.00. The van der Waals surface area contributed by atoms with Crippen LogP contribution in [0.4, 0.5) is 0 Å². The van der Waals surface area contributed by atoms with Gasteiger partial charge in [0.2, 0.25) is 5.91 Å². The maximum Gasteiger partial charge on any atom is 0.225 e. The topological polar surface area (TPSA) is 40.5 Å². The number of likely N-dealkylation sites (tertiary alicyclic amines) is 1. The number of carbonyl (C=O) groups is 1. The number of amides is 1. The van der Waals surface area contributed by atoms with Gasteiger partial charge in [0.05, 0.1) is 6.10 Å². The Labute approximate surface area is 97.8 Å². The zero-order valence-corrected chi connectivity index (χ0v) is 10.4. The second-order valence-corrected chi connectivity index (χ2v) is 5.50. The fourth-order valence-electron chi connectivity index (χ4n) is 3.28. The molecule has 0 spiro atoms. The summed E-state index contributed by atoms with van der Waals surface area (Å²) in [6, 6.07) is 0. The van der Waals surface area contributed by atoms with E-state index in [2.05, 4.69) is 6.92 Å². The molecule has 2 rings (SSSR count). The van der Waals surface area contributed by atoms with Crippen molar-refractivity contribution in [2.75, 3.05) is 13.1 Å².